The van der Waals surface area contributed by atoms with Gasteiger partial charge in [0.2, 0.25) is 5.96 Å². The molecule has 39 heavy (non-hydrogen) atoms. The van der Waals surface area contributed by atoms with Crippen LogP contribution in [0.15, 0.2) is 47.5 Å². The number of anilines is 1. The number of piperidine rings is 1. The van der Waals surface area contributed by atoms with Crippen molar-refractivity contribution in [3.05, 3.63) is 64.7 Å². The Morgan fingerprint density at radius 2 is 1.74 bits per heavy atom. The molecule has 2 aliphatic rings. The van der Waals surface area contributed by atoms with Gasteiger partial charge in [0.25, 0.3) is 11.8 Å². The molecule has 2 aromatic carbocycles. The van der Waals surface area contributed by atoms with Gasteiger partial charge in [-0.15, -0.1) is 0 Å². The summed E-state index contributed by atoms with van der Waals surface area (Å²) in [6, 6.07) is 10.2. The van der Waals surface area contributed by atoms with Crippen LogP contribution in [0.25, 0.3) is 0 Å². The van der Waals surface area contributed by atoms with E-state index in [9.17, 15) is 27.0 Å². The Kier molecular flexibility index (Phi) is 8.17. The SMILES string of the molecule is Cc1cc(C(=O)N(C)C)ccc1CCS(=O)N1CCC2(CC1)N=C(N(C)c1ccc(C(F)(F)F)cc1)NC2=O. The fourth-order valence-electron chi connectivity index (χ4n) is 4.75. The van der Waals surface area contributed by atoms with Crippen LogP contribution in [-0.2, 0) is 28.4 Å². The number of nitrogens with one attached hydrogen (secondary N) is 1. The van der Waals surface area contributed by atoms with Gasteiger partial charge in [0.05, 0.1) is 16.5 Å². The van der Waals surface area contributed by atoms with Gasteiger partial charge in [-0.05, 0) is 73.7 Å². The van der Waals surface area contributed by atoms with Crippen molar-refractivity contribution in [1.82, 2.24) is 14.5 Å². The molecule has 1 atom stereocenters. The molecule has 1 spiro atoms. The molecular weight excluding hydrogens is 531 g/mol. The maximum atomic E-state index is 13.0. The molecule has 0 aromatic heterocycles. The van der Waals surface area contributed by atoms with Gasteiger partial charge in [0.15, 0.2) is 0 Å². The van der Waals surface area contributed by atoms with Gasteiger partial charge >= 0.3 is 6.18 Å². The maximum absolute atomic E-state index is 13.0. The molecule has 2 aliphatic heterocycles. The second-order valence-corrected chi connectivity index (χ2v) is 11.6. The number of aliphatic imine (C=N–C) groups is 1. The standard InChI is InChI=1S/C27H32F3N5O3S/c1-18-17-20(23(36)33(2)3)6-5-19(18)11-16-39(38)35-14-12-26(13-15-35)24(37)31-25(32-26)34(4)22-9-7-21(8-10-22)27(28,29)30/h5-10,17H,11-16H2,1-4H3,(H,31,32,37). The van der Waals surface area contributed by atoms with Crippen molar-refractivity contribution in [3.8, 4) is 0 Å². The van der Waals surface area contributed by atoms with Crippen molar-refractivity contribution in [1.29, 1.82) is 0 Å². The highest BCUT2D eigenvalue weighted by Gasteiger charge is 2.47. The van der Waals surface area contributed by atoms with E-state index >= 15 is 0 Å². The minimum atomic E-state index is -4.43. The van der Waals surface area contributed by atoms with E-state index in [0.29, 0.717) is 49.4 Å². The van der Waals surface area contributed by atoms with E-state index < -0.39 is 28.3 Å². The van der Waals surface area contributed by atoms with Crippen molar-refractivity contribution in [2.24, 2.45) is 4.99 Å². The van der Waals surface area contributed by atoms with Gasteiger partial charge < -0.3 is 9.80 Å². The van der Waals surface area contributed by atoms with Crippen molar-refractivity contribution in [3.63, 3.8) is 0 Å². The van der Waals surface area contributed by atoms with Crippen LogP contribution in [0, 0.1) is 6.92 Å². The number of amides is 2. The number of hydrogen-bond donors (Lipinski definition) is 1. The molecule has 1 unspecified atom stereocenters. The summed E-state index contributed by atoms with van der Waals surface area (Å²) in [6.07, 6.45) is -3.06. The van der Waals surface area contributed by atoms with Gasteiger partial charge in [0, 0.05) is 51.2 Å². The normalized spacial score (nSPS) is 18.0. The van der Waals surface area contributed by atoms with Crippen molar-refractivity contribution in [2.75, 3.05) is 44.9 Å². The molecule has 0 bridgehead atoms. The fourth-order valence-corrected chi connectivity index (χ4v) is 5.99. The lowest BCUT2D eigenvalue weighted by molar-refractivity contribution is -0.137. The number of carbonyl (C=O) groups excluding carboxylic acids is 2. The first kappa shape index (κ1) is 28.8. The fraction of sp³-hybridized carbons (Fsp3) is 0.444. The van der Waals surface area contributed by atoms with Crippen LogP contribution in [0.5, 0.6) is 0 Å². The van der Waals surface area contributed by atoms with Crippen molar-refractivity contribution < 1.29 is 27.0 Å². The Balaban J connectivity index is 1.35. The lowest BCUT2D eigenvalue weighted by Crippen LogP contribution is -2.50. The van der Waals surface area contributed by atoms with Crippen LogP contribution in [0.3, 0.4) is 0 Å². The Bertz CT molecular complexity index is 1300. The third-order valence-electron chi connectivity index (χ3n) is 7.25. The minimum absolute atomic E-state index is 0.0669. The second kappa shape index (κ2) is 11.1. The lowest BCUT2D eigenvalue weighted by atomic mass is 9.89. The number of carbonyl (C=O) groups is 2. The van der Waals surface area contributed by atoms with E-state index in [1.807, 2.05) is 23.4 Å². The molecule has 0 aliphatic carbocycles. The summed E-state index contributed by atoms with van der Waals surface area (Å²) in [7, 11) is 3.80. The summed E-state index contributed by atoms with van der Waals surface area (Å²) in [5.74, 6) is 0.375. The second-order valence-electron chi connectivity index (χ2n) is 10.1. The monoisotopic (exact) mass is 563 g/mol. The summed E-state index contributed by atoms with van der Waals surface area (Å²) in [5, 5.41) is 2.77. The summed E-state index contributed by atoms with van der Waals surface area (Å²) in [4.78, 5) is 32.8. The molecule has 1 N–H and O–H groups in total. The molecule has 8 nitrogen and oxygen atoms in total. The van der Waals surface area contributed by atoms with Crippen molar-refractivity contribution >= 4 is 34.4 Å². The zero-order chi connectivity index (χ0) is 28.5. The molecule has 0 saturated carbocycles. The van der Waals surface area contributed by atoms with Crippen LogP contribution in [-0.4, -0.2) is 76.7 Å². The first-order chi connectivity index (χ1) is 18.3. The van der Waals surface area contributed by atoms with Gasteiger partial charge in [-0.3, -0.25) is 14.9 Å². The van der Waals surface area contributed by atoms with Crippen LogP contribution >= 0.6 is 0 Å². The summed E-state index contributed by atoms with van der Waals surface area (Å²) < 4.78 is 53.5. The zero-order valence-electron chi connectivity index (χ0n) is 22.3. The lowest BCUT2D eigenvalue weighted by Gasteiger charge is -2.34. The molecule has 1 saturated heterocycles. The van der Waals surface area contributed by atoms with Gasteiger partial charge in [0.1, 0.15) is 5.54 Å². The Hall–Kier alpha value is -3.25. The summed E-state index contributed by atoms with van der Waals surface area (Å²) in [6.45, 7) is 2.79. The Morgan fingerprint density at radius 3 is 2.31 bits per heavy atom. The number of hydrogen-bond acceptors (Lipinski definition) is 5. The molecule has 0 radical (unpaired) electrons. The molecule has 12 heteroatoms. The highest BCUT2D eigenvalue weighted by Crippen LogP contribution is 2.33. The molecule has 2 amide bonds. The van der Waals surface area contributed by atoms with Crippen molar-refractivity contribution in [2.45, 2.75) is 37.9 Å². The maximum Gasteiger partial charge on any atom is 0.416 e. The largest absolute Gasteiger partial charge is 0.416 e. The molecule has 2 aromatic rings. The van der Waals surface area contributed by atoms with E-state index in [1.54, 1.807) is 32.1 Å². The third-order valence-corrected chi connectivity index (χ3v) is 8.74. The molecular formula is C27H32F3N5O3S. The van der Waals surface area contributed by atoms with Crippen LogP contribution in [0.2, 0.25) is 0 Å². The van der Waals surface area contributed by atoms with Crippen LogP contribution in [0.1, 0.15) is 39.9 Å². The van der Waals surface area contributed by atoms with Crippen LogP contribution in [0.4, 0.5) is 18.9 Å². The molecule has 4 rings (SSSR count). The minimum Gasteiger partial charge on any atom is -0.345 e. The summed E-state index contributed by atoms with van der Waals surface area (Å²) in [5.41, 5.74) is 1.35. The average Bonchev–Trinajstić information content (AvgIpc) is 3.21. The van der Waals surface area contributed by atoms with Gasteiger partial charge in [-0.2, -0.15) is 13.2 Å². The first-order valence-corrected chi connectivity index (χ1v) is 13.9. The topological polar surface area (TPSA) is 85.3 Å². The van der Waals surface area contributed by atoms with Crippen LogP contribution < -0.4 is 10.2 Å². The van der Waals surface area contributed by atoms with Gasteiger partial charge in [-0.1, -0.05) is 6.07 Å². The quantitative estimate of drug-likeness (QED) is 0.584. The number of aryl methyl sites for hydroxylation is 2. The Morgan fingerprint density at radius 1 is 1.10 bits per heavy atom. The zero-order valence-corrected chi connectivity index (χ0v) is 23.2. The molecule has 2 heterocycles. The molecule has 1 fully saturated rings. The van der Waals surface area contributed by atoms with E-state index in [-0.39, 0.29) is 17.8 Å². The predicted octanol–water partition coefficient (Wildman–Crippen LogP) is 3.38. The number of halogens is 3. The molecule has 210 valence electrons. The third kappa shape index (κ3) is 6.17. The predicted molar refractivity (Wildman–Crippen MR) is 145 cm³/mol. The number of guanidine groups is 1. The number of nitrogens with zero attached hydrogens (tertiary/aromatic N) is 4. The first-order valence-electron chi connectivity index (χ1n) is 12.6. The average molecular weight is 564 g/mol. The number of benzene rings is 2. The highest BCUT2D eigenvalue weighted by atomic mass is 32.2. The smallest absolute Gasteiger partial charge is 0.345 e. The number of alkyl halides is 3. The number of rotatable bonds is 6. The Labute approximate surface area is 228 Å². The van der Waals surface area contributed by atoms with E-state index in [0.717, 1.165) is 23.3 Å². The van der Waals surface area contributed by atoms with E-state index in [1.165, 1.54) is 17.0 Å². The summed E-state index contributed by atoms with van der Waals surface area (Å²) >= 11 is 0. The van der Waals surface area contributed by atoms with E-state index in [2.05, 4.69) is 10.3 Å². The van der Waals surface area contributed by atoms with Gasteiger partial charge in [-0.25, -0.2) is 13.5 Å². The highest BCUT2D eigenvalue weighted by molar-refractivity contribution is 7.82. The van der Waals surface area contributed by atoms with E-state index in [4.69, 9.17) is 0 Å².